The molecule has 4 atom stereocenters. The highest BCUT2D eigenvalue weighted by molar-refractivity contribution is 5.93. The van der Waals surface area contributed by atoms with Gasteiger partial charge in [0.2, 0.25) is 0 Å². The van der Waals surface area contributed by atoms with Crippen molar-refractivity contribution in [3.05, 3.63) is 42.6 Å². The zero-order valence-electron chi connectivity index (χ0n) is 15.6. The summed E-state index contributed by atoms with van der Waals surface area (Å²) >= 11 is 0. The minimum absolute atomic E-state index is 0.0546. The summed E-state index contributed by atoms with van der Waals surface area (Å²) < 4.78 is 0. The van der Waals surface area contributed by atoms with Gasteiger partial charge in [-0.2, -0.15) is 0 Å². The van der Waals surface area contributed by atoms with Crippen molar-refractivity contribution >= 4 is 5.91 Å². The molecule has 1 N–H and O–H groups in total. The molecule has 2 saturated heterocycles. The summed E-state index contributed by atoms with van der Waals surface area (Å²) in [6, 6.07) is 6.87. The summed E-state index contributed by atoms with van der Waals surface area (Å²) in [6.45, 7) is 3.17. The van der Waals surface area contributed by atoms with Crippen LogP contribution in [0.4, 0.5) is 0 Å². The predicted molar refractivity (Wildman–Crippen MR) is 102 cm³/mol. The molecule has 1 saturated carbocycles. The third-order valence-corrected chi connectivity index (χ3v) is 6.78. The van der Waals surface area contributed by atoms with E-state index in [9.17, 15) is 4.79 Å². The van der Waals surface area contributed by atoms with Crippen LogP contribution in [0.25, 0.3) is 11.3 Å². The van der Waals surface area contributed by atoms with E-state index in [0.717, 1.165) is 24.2 Å². The van der Waals surface area contributed by atoms with Gasteiger partial charge < -0.3 is 10.2 Å². The topological polar surface area (TPSA) is 71.0 Å². The molecule has 2 aromatic heterocycles. The minimum atomic E-state index is 0.0546. The fourth-order valence-electron chi connectivity index (χ4n) is 5.52. The van der Waals surface area contributed by atoms with E-state index in [-0.39, 0.29) is 11.3 Å². The summed E-state index contributed by atoms with van der Waals surface area (Å²) in [5.74, 6) is 0.0546. The van der Waals surface area contributed by atoms with E-state index >= 15 is 0 Å². The molecule has 1 amide bonds. The highest BCUT2D eigenvalue weighted by Crippen LogP contribution is 2.49. The molecule has 6 heteroatoms. The zero-order valence-corrected chi connectivity index (χ0v) is 15.6. The van der Waals surface area contributed by atoms with Gasteiger partial charge in [0.25, 0.3) is 5.91 Å². The molecular formula is C21H25N5O. The Bertz CT molecular complexity index is 857. The number of carbonyl (C=O) groups excluding carboxylic acids is 1. The van der Waals surface area contributed by atoms with Crippen LogP contribution >= 0.6 is 0 Å². The Morgan fingerprint density at radius 3 is 2.89 bits per heavy atom. The smallest absolute Gasteiger partial charge is 0.272 e. The maximum atomic E-state index is 13.5. The van der Waals surface area contributed by atoms with Gasteiger partial charge in [0, 0.05) is 48.0 Å². The molecule has 3 fully saturated rings. The molecule has 0 aromatic carbocycles. The van der Waals surface area contributed by atoms with Gasteiger partial charge in [-0.1, -0.05) is 25.8 Å². The number of likely N-dealkylation sites (tertiary alicyclic amines) is 1. The molecule has 0 unspecified atom stereocenters. The standard InChI is InChI=1S/C21H25N5O/c1-21-9-15-12-26(19(21)8-3-2-7-18(21)24-15)20(27)17-6-4-5-16(25-17)14-10-22-13-23-11-14/h4-6,10-11,13,15,18-19,24H,2-3,7-9,12H2,1H3/t15-,18-,19+,21-/m0/s1. The quantitative estimate of drug-likeness (QED) is 0.888. The van der Waals surface area contributed by atoms with Crippen molar-refractivity contribution in [3.63, 3.8) is 0 Å². The molecule has 4 heterocycles. The number of carbonyl (C=O) groups is 1. The van der Waals surface area contributed by atoms with Gasteiger partial charge in [0.15, 0.2) is 0 Å². The molecule has 140 valence electrons. The number of hydrogen-bond acceptors (Lipinski definition) is 5. The second kappa shape index (κ2) is 6.37. The molecule has 2 bridgehead atoms. The third kappa shape index (κ3) is 2.74. The molecule has 6 nitrogen and oxygen atoms in total. The number of fused-ring (bicyclic) bond motifs is 1. The van der Waals surface area contributed by atoms with Crippen molar-refractivity contribution in [1.82, 2.24) is 25.2 Å². The number of pyridine rings is 1. The SMILES string of the molecule is C[C@@]12C[C@H]3CN(C(=O)c4cccc(-c5cncnc5)n4)[C@@H]1CCCC[C@@H]2N3. The van der Waals surface area contributed by atoms with Crippen molar-refractivity contribution < 1.29 is 4.79 Å². The van der Waals surface area contributed by atoms with Gasteiger partial charge >= 0.3 is 0 Å². The van der Waals surface area contributed by atoms with E-state index in [1.54, 1.807) is 12.4 Å². The highest BCUT2D eigenvalue weighted by Gasteiger charge is 2.55. The van der Waals surface area contributed by atoms with Crippen LogP contribution in [0.1, 0.15) is 49.5 Å². The van der Waals surface area contributed by atoms with Crippen LogP contribution in [0, 0.1) is 5.41 Å². The van der Waals surface area contributed by atoms with Crippen molar-refractivity contribution in [2.75, 3.05) is 6.54 Å². The lowest BCUT2D eigenvalue weighted by atomic mass is 9.71. The number of piperidine rings is 1. The molecule has 2 aromatic rings. The lowest BCUT2D eigenvalue weighted by molar-refractivity contribution is 0.0279. The monoisotopic (exact) mass is 363 g/mol. The Balaban J connectivity index is 1.48. The molecule has 0 radical (unpaired) electrons. The van der Waals surface area contributed by atoms with E-state index in [2.05, 4.69) is 32.1 Å². The fourth-order valence-corrected chi connectivity index (χ4v) is 5.52. The first-order valence-electron chi connectivity index (χ1n) is 9.94. The number of nitrogens with one attached hydrogen (secondary N) is 1. The predicted octanol–water partition coefficient (Wildman–Crippen LogP) is 2.67. The van der Waals surface area contributed by atoms with Crippen molar-refractivity contribution in [2.24, 2.45) is 5.41 Å². The Morgan fingerprint density at radius 1 is 1.22 bits per heavy atom. The summed E-state index contributed by atoms with van der Waals surface area (Å²) in [5, 5.41) is 3.81. The Labute approximate surface area is 159 Å². The van der Waals surface area contributed by atoms with E-state index in [4.69, 9.17) is 0 Å². The van der Waals surface area contributed by atoms with Crippen molar-refractivity contribution in [1.29, 1.82) is 0 Å². The van der Waals surface area contributed by atoms with Gasteiger partial charge in [-0.15, -0.1) is 0 Å². The average Bonchev–Trinajstić information content (AvgIpc) is 2.87. The van der Waals surface area contributed by atoms with Crippen LogP contribution in [0.5, 0.6) is 0 Å². The van der Waals surface area contributed by atoms with E-state index in [0.29, 0.717) is 23.8 Å². The van der Waals surface area contributed by atoms with Crippen LogP contribution < -0.4 is 5.32 Å². The van der Waals surface area contributed by atoms with Crippen LogP contribution in [0.3, 0.4) is 0 Å². The molecule has 3 aliphatic rings. The normalized spacial score (nSPS) is 32.2. The Morgan fingerprint density at radius 2 is 2.04 bits per heavy atom. The number of nitrogens with zero attached hydrogens (tertiary/aromatic N) is 4. The molecule has 27 heavy (non-hydrogen) atoms. The first kappa shape index (κ1) is 16.8. The summed E-state index contributed by atoms with van der Waals surface area (Å²) in [6.07, 6.45) is 10.9. The van der Waals surface area contributed by atoms with Crippen LogP contribution in [0.2, 0.25) is 0 Å². The fraction of sp³-hybridized carbons (Fsp3) is 0.524. The number of hydrogen-bond donors (Lipinski definition) is 1. The van der Waals surface area contributed by atoms with Crippen LogP contribution in [-0.2, 0) is 0 Å². The second-order valence-electron chi connectivity index (χ2n) is 8.42. The highest BCUT2D eigenvalue weighted by atomic mass is 16.2. The van der Waals surface area contributed by atoms with Gasteiger partial charge in [0.05, 0.1) is 5.69 Å². The van der Waals surface area contributed by atoms with Crippen molar-refractivity contribution in [3.8, 4) is 11.3 Å². The number of rotatable bonds is 2. The maximum absolute atomic E-state index is 13.5. The first-order valence-corrected chi connectivity index (χ1v) is 9.94. The van der Waals surface area contributed by atoms with Crippen molar-refractivity contribution in [2.45, 2.75) is 57.2 Å². The molecule has 2 aliphatic heterocycles. The van der Waals surface area contributed by atoms with E-state index in [1.807, 2.05) is 18.2 Å². The Kier molecular flexibility index (Phi) is 3.97. The molecule has 1 aliphatic carbocycles. The van der Waals surface area contributed by atoms with Gasteiger partial charge in [-0.25, -0.2) is 15.0 Å². The number of amides is 1. The largest absolute Gasteiger partial charge is 0.332 e. The summed E-state index contributed by atoms with van der Waals surface area (Å²) in [7, 11) is 0. The molecule has 5 rings (SSSR count). The third-order valence-electron chi connectivity index (χ3n) is 6.78. The lowest BCUT2D eigenvalue weighted by Crippen LogP contribution is -2.55. The zero-order chi connectivity index (χ0) is 18.4. The summed E-state index contributed by atoms with van der Waals surface area (Å²) in [5.41, 5.74) is 2.26. The molecular weight excluding hydrogens is 338 g/mol. The molecule has 0 spiro atoms. The summed E-state index contributed by atoms with van der Waals surface area (Å²) in [4.78, 5) is 28.3. The number of aromatic nitrogens is 3. The van der Waals surface area contributed by atoms with Gasteiger partial charge in [-0.05, 0) is 31.4 Å². The lowest BCUT2D eigenvalue weighted by Gasteiger charge is -2.46. The second-order valence-corrected chi connectivity index (χ2v) is 8.42. The minimum Gasteiger partial charge on any atom is -0.332 e. The van der Waals surface area contributed by atoms with Gasteiger partial charge in [0.1, 0.15) is 12.0 Å². The van der Waals surface area contributed by atoms with Crippen LogP contribution in [0.15, 0.2) is 36.9 Å². The van der Waals surface area contributed by atoms with Crippen LogP contribution in [-0.4, -0.2) is 50.4 Å². The average molecular weight is 363 g/mol. The van der Waals surface area contributed by atoms with E-state index < -0.39 is 0 Å². The Hall–Kier alpha value is -2.34. The first-order chi connectivity index (χ1) is 13.1. The maximum Gasteiger partial charge on any atom is 0.272 e. The van der Waals surface area contributed by atoms with Gasteiger partial charge in [-0.3, -0.25) is 4.79 Å². The van der Waals surface area contributed by atoms with E-state index in [1.165, 1.54) is 32.0 Å².